The Bertz CT molecular complexity index is 825. The molecule has 0 spiro atoms. The molecule has 0 heterocycles. The van der Waals surface area contributed by atoms with Crippen molar-refractivity contribution >= 4 is 39.7 Å². The van der Waals surface area contributed by atoms with E-state index in [9.17, 15) is 4.79 Å². The Morgan fingerprint density at radius 3 is 2.57 bits per heavy atom. The first-order valence-electron chi connectivity index (χ1n) is 6.49. The minimum Gasteiger partial charge on any atom is -0.397 e. The summed E-state index contributed by atoms with van der Waals surface area (Å²) in [4.78, 5) is 12.4. The highest BCUT2D eigenvalue weighted by atomic mass is 35.5. The molecular weight excluding hydrogens is 284 g/mol. The lowest BCUT2D eigenvalue weighted by atomic mass is 10.0. The van der Waals surface area contributed by atoms with Crippen molar-refractivity contribution in [3.8, 4) is 0 Å². The summed E-state index contributed by atoms with van der Waals surface area (Å²) in [7, 11) is 0. The molecule has 3 aromatic carbocycles. The van der Waals surface area contributed by atoms with E-state index in [2.05, 4.69) is 5.32 Å². The topological polar surface area (TPSA) is 55.1 Å². The van der Waals surface area contributed by atoms with Gasteiger partial charge in [-0.3, -0.25) is 4.79 Å². The van der Waals surface area contributed by atoms with Crippen LogP contribution in [0.15, 0.2) is 60.7 Å². The quantitative estimate of drug-likeness (QED) is 0.692. The number of carbonyl (C=O) groups excluding carboxylic acids is 1. The van der Waals surface area contributed by atoms with Crippen molar-refractivity contribution in [2.75, 3.05) is 11.1 Å². The van der Waals surface area contributed by atoms with E-state index < -0.39 is 0 Å². The largest absolute Gasteiger partial charge is 0.397 e. The monoisotopic (exact) mass is 296 g/mol. The predicted octanol–water partition coefficient (Wildman–Crippen LogP) is 4.33. The van der Waals surface area contributed by atoms with Crippen LogP contribution in [0.5, 0.6) is 0 Å². The lowest BCUT2D eigenvalue weighted by Crippen LogP contribution is -2.12. The fraction of sp³-hybridized carbons (Fsp3) is 0. The van der Waals surface area contributed by atoms with Crippen LogP contribution in [-0.4, -0.2) is 5.91 Å². The second-order valence-corrected chi connectivity index (χ2v) is 5.12. The van der Waals surface area contributed by atoms with Gasteiger partial charge in [-0.2, -0.15) is 0 Å². The third-order valence-electron chi connectivity index (χ3n) is 3.29. The van der Waals surface area contributed by atoms with Crippen LogP contribution in [0.2, 0.25) is 5.02 Å². The number of amides is 1. The van der Waals surface area contributed by atoms with E-state index in [0.717, 1.165) is 10.8 Å². The van der Waals surface area contributed by atoms with Gasteiger partial charge in [-0.25, -0.2) is 0 Å². The number of halogens is 1. The molecule has 0 bridgehead atoms. The van der Waals surface area contributed by atoms with Gasteiger partial charge < -0.3 is 11.1 Å². The van der Waals surface area contributed by atoms with E-state index in [1.54, 1.807) is 24.3 Å². The fourth-order valence-corrected chi connectivity index (χ4v) is 2.36. The van der Waals surface area contributed by atoms with Gasteiger partial charge in [0.15, 0.2) is 0 Å². The molecule has 3 aromatic rings. The first-order valence-corrected chi connectivity index (χ1v) is 6.87. The summed E-state index contributed by atoms with van der Waals surface area (Å²) in [6.45, 7) is 0. The van der Waals surface area contributed by atoms with E-state index in [1.165, 1.54) is 0 Å². The highest BCUT2D eigenvalue weighted by Gasteiger charge is 2.10. The van der Waals surface area contributed by atoms with Gasteiger partial charge in [0.2, 0.25) is 0 Å². The number of anilines is 2. The van der Waals surface area contributed by atoms with Gasteiger partial charge in [-0.05, 0) is 35.0 Å². The summed E-state index contributed by atoms with van der Waals surface area (Å²) in [5, 5.41) is 5.26. The molecule has 0 unspecified atom stereocenters. The van der Waals surface area contributed by atoms with Crippen LogP contribution < -0.4 is 11.1 Å². The second-order valence-electron chi connectivity index (χ2n) is 4.72. The third-order valence-corrected chi connectivity index (χ3v) is 3.63. The molecule has 21 heavy (non-hydrogen) atoms. The molecule has 0 radical (unpaired) electrons. The van der Waals surface area contributed by atoms with Gasteiger partial charge in [0, 0.05) is 11.3 Å². The zero-order chi connectivity index (χ0) is 14.8. The number of fused-ring (bicyclic) bond motifs is 1. The van der Waals surface area contributed by atoms with Crippen molar-refractivity contribution in [2.24, 2.45) is 0 Å². The Morgan fingerprint density at radius 1 is 1.00 bits per heavy atom. The van der Waals surface area contributed by atoms with Crippen LogP contribution >= 0.6 is 11.6 Å². The van der Waals surface area contributed by atoms with Gasteiger partial charge in [0.05, 0.1) is 10.7 Å². The number of hydrogen-bond donors (Lipinski definition) is 2. The van der Waals surface area contributed by atoms with Crippen molar-refractivity contribution < 1.29 is 4.79 Å². The van der Waals surface area contributed by atoms with Crippen LogP contribution in [0.25, 0.3) is 10.8 Å². The van der Waals surface area contributed by atoms with Gasteiger partial charge in [-0.15, -0.1) is 0 Å². The molecule has 0 aliphatic heterocycles. The average molecular weight is 297 g/mol. The molecule has 1 amide bonds. The number of benzene rings is 3. The van der Waals surface area contributed by atoms with Gasteiger partial charge in [0.1, 0.15) is 0 Å². The van der Waals surface area contributed by atoms with E-state index in [1.807, 2.05) is 36.4 Å². The van der Waals surface area contributed by atoms with Crippen molar-refractivity contribution in [1.29, 1.82) is 0 Å². The normalized spacial score (nSPS) is 10.5. The van der Waals surface area contributed by atoms with Crippen LogP contribution in [0.3, 0.4) is 0 Å². The highest BCUT2D eigenvalue weighted by molar-refractivity contribution is 6.33. The lowest BCUT2D eigenvalue weighted by molar-refractivity contribution is 0.102. The summed E-state index contributed by atoms with van der Waals surface area (Å²) < 4.78 is 0. The van der Waals surface area contributed by atoms with E-state index >= 15 is 0 Å². The zero-order valence-electron chi connectivity index (χ0n) is 11.1. The smallest absolute Gasteiger partial charge is 0.256 e. The van der Waals surface area contributed by atoms with E-state index in [4.69, 9.17) is 17.3 Å². The molecule has 4 heteroatoms. The van der Waals surface area contributed by atoms with Crippen LogP contribution in [-0.2, 0) is 0 Å². The maximum Gasteiger partial charge on any atom is 0.256 e. The van der Waals surface area contributed by atoms with E-state index in [-0.39, 0.29) is 5.91 Å². The fourth-order valence-electron chi connectivity index (χ4n) is 2.24. The number of nitrogens with two attached hydrogens (primary N) is 1. The number of carbonyl (C=O) groups is 1. The van der Waals surface area contributed by atoms with Crippen molar-refractivity contribution in [3.05, 3.63) is 71.2 Å². The number of nitrogen functional groups attached to an aromatic ring is 1. The zero-order valence-corrected chi connectivity index (χ0v) is 11.9. The number of nitrogens with one attached hydrogen (secondary N) is 1. The molecule has 0 aliphatic carbocycles. The Morgan fingerprint density at radius 2 is 1.76 bits per heavy atom. The first kappa shape index (κ1) is 13.5. The minimum absolute atomic E-state index is 0.173. The molecule has 0 aliphatic rings. The SMILES string of the molecule is Nc1cc(NC(=O)c2cccc3ccccc23)ccc1Cl. The molecule has 0 aromatic heterocycles. The lowest BCUT2D eigenvalue weighted by Gasteiger charge is -2.09. The summed E-state index contributed by atoms with van der Waals surface area (Å²) >= 11 is 5.87. The number of hydrogen-bond acceptors (Lipinski definition) is 2. The van der Waals surface area contributed by atoms with E-state index in [0.29, 0.717) is 22.0 Å². The van der Waals surface area contributed by atoms with Gasteiger partial charge in [0.25, 0.3) is 5.91 Å². The van der Waals surface area contributed by atoms with Crippen LogP contribution in [0.4, 0.5) is 11.4 Å². The molecule has 104 valence electrons. The molecule has 3 N–H and O–H groups in total. The molecular formula is C17H13ClN2O. The van der Waals surface area contributed by atoms with Crippen molar-refractivity contribution in [2.45, 2.75) is 0 Å². The Balaban J connectivity index is 1.95. The third kappa shape index (κ3) is 2.69. The summed E-state index contributed by atoms with van der Waals surface area (Å²) in [5.41, 5.74) is 7.43. The van der Waals surface area contributed by atoms with Crippen LogP contribution in [0, 0.1) is 0 Å². The highest BCUT2D eigenvalue weighted by Crippen LogP contribution is 2.24. The second kappa shape index (κ2) is 5.46. The maximum absolute atomic E-state index is 12.4. The van der Waals surface area contributed by atoms with Gasteiger partial charge in [-0.1, -0.05) is 48.0 Å². The summed E-state index contributed by atoms with van der Waals surface area (Å²) in [6, 6.07) is 18.5. The molecule has 0 fully saturated rings. The van der Waals surface area contributed by atoms with Crippen LogP contribution in [0.1, 0.15) is 10.4 Å². The summed E-state index contributed by atoms with van der Waals surface area (Å²) in [6.07, 6.45) is 0. The van der Waals surface area contributed by atoms with Crippen molar-refractivity contribution in [1.82, 2.24) is 0 Å². The average Bonchev–Trinajstić information content (AvgIpc) is 2.50. The maximum atomic E-state index is 12.4. The van der Waals surface area contributed by atoms with Gasteiger partial charge >= 0.3 is 0 Å². The molecule has 0 atom stereocenters. The Labute approximate surface area is 127 Å². The Hall–Kier alpha value is -2.52. The number of rotatable bonds is 2. The standard InChI is InChI=1S/C17H13ClN2O/c18-15-9-8-12(10-16(15)19)20-17(21)14-7-3-5-11-4-1-2-6-13(11)14/h1-10H,19H2,(H,20,21). The molecule has 0 saturated heterocycles. The predicted molar refractivity (Wildman–Crippen MR) is 87.8 cm³/mol. The first-order chi connectivity index (χ1) is 10.1. The molecule has 0 saturated carbocycles. The Kier molecular flexibility index (Phi) is 3.50. The summed E-state index contributed by atoms with van der Waals surface area (Å²) in [5.74, 6) is -0.173. The minimum atomic E-state index is -0.173. The molecule has 3 nitrogen and oxygen atoms in total. The van der Waals surface area contributed by atoms with Crippen molar-refractivity contribution in [3.63, 3.8) is 0 Å². The molecule has 3 rings (SSSR count).